The summed E-state index contributed by atoms with van der Waals surface area (Å²) in [7, 11) is -1.96. The van der Waals surface area contributed by atoms with Gasteiger partial charge in [-0.25, -0.2) is 8.42 Å². The topological polar surface area (TPSA) is 84.7 Å². The highest BCUT2D eigenvalue weighted by Crippen LogP contribution is 2.40. The van der Waals surface area contributed by atoms with Crippen LogP contribution in [0.2, 0.25) is 5.02 Å². The third-order valence-corrected chi connectivity index (χ3v) is 7.18. The highest BCUT2D eigenvalue weighted by atomic mass is 35.5. The van der Waals surface area contributed by atoms with E-state index in [1.165, 1.54) is 10.4 Å². The molecule has 2 aliphatic rings. The largest absolute Gasteiger partial charge is 0.492 e. The van der Waals surface area contributed by atoms with Crippen molar-refractivity contribution in [2.24, 2.45) is 13.0 Å². The van der Waals surface area contributed by atoms with E-state index >= 15 is 0 Å². The first kappa shape index (κ1) is 17.8. The molecule has 3 heterocycles. The Labute approximate surface area is 157 Å². The molecule has 1 fully saturated rings. The number of sulfonamides is 1. The first-order valence-corrected chi connectivity index (χ1v) is 10.3. The molecule has 0 amide bonds. The van der Waals surface area contributed by atoms with Crippen LogP contribution in [0.15, 0.2) is 29.4 Å². The van der Waals surface area contributed by atoms with Crippen molar-refractivity contribution in [3.8, 4) is 5.75 Å². The van der Waals surface area contributed by atoms with Gasteiger partial charge in [-0.2, -0.15) is 9.40 Å². The summed E-state index contributed by atoms with van der Waals surface area (Å²) >= 11 is 6.13. The number of hydrogen-bond donors (Lipinski definition) is 1. The first-order valence-electron chi connectivity index (χ1n) is 8.45. The number of ether oxygens (including phenoxy) is 1. The molecule has 140 valence electrons. The maximum absolute atomic E-state index is 13.3. The van der Waals surface area contributed by atoms with Crippen LogP contribution in [0.5, 0.6) is 5.75 Å². The monoisotopic (exact) mass is 397 g/mol. The van der Waals surface area contributed by atoms with Gasteiger partial charge in [0.1, 0.15) is 10.6 Å². The quantitative estimate of drug-likeness (QED) is 0.843. The molecule has 0 aliphatic carbocycles. The average molecular weight is 398 g/mol. The maximum atomic E-state index is 13.3. The van der Waals surface area contributed by atoms with Gasteiger partial charge in [-0.05, 0) is 17.7 Å². The van der Waals surface area contributed by atoms with Gasteiger partial charge >= 0.3 is 0 Å². The van der Waals surface area contributed by atoms with E-state index in [0.29, 0.717) is 30.3 Å². The van der Waals surface area contributed by atoms with Gasteiger partial charge in [0, 0.05) is 61.8 Å². The lowest BCUT2D eigenvalue weighted by Crippen LogP contribution is -2.29. The molecule has 1 saturated heterocycles. The van der Waals surface area contributed by atoms with Crippen LogP contribution in [-0.4, -0.2) is 53.9 Å². The van der Waals surface area contributed by atoms with Gasteiger partial charge in [-0.1, -0.05) is 11.6 Å². The lowest BCUT2D eigenvalue weighted by Gasteiger charge is -2.18. The summed E-state index contributed by atoms with van der Waals surface area (Å²) < 4.78 is 35.2. The lowest BCUT2D eigenvalue weighted by molar-refractivity contribution is 0.223. The van der Waals surface area contributed by atoms with E-state index in [-0.39, 0.29) is 29.9 Å². The second kappa shape index (κ2) is 6.53. The summed E-state index contributed by atoms with van der Waals surface area (Å²) in [5.41, 5.74) is 1.75. The van der Waals surface area contributed by atoms with Gasteiger partial charge in [-0.15, -0.1) is 0 Å². The molecule has 2 atom stereocenters. The Hall–Kier alpha value is -1.61. The molecule has 9 heteroatoms. The first-order chi connectivity index (χ1) is 12.4. The highest BCUT2D eigenvalue weighted by molar-refractivity contribution is 7.89. The van der Waals surface area contributed by atoms with E-state index in [1.54, 1.807) is 16.9 Å². The predicted molar refractivity (Wildman–Crippen MR) is 95.9 cm³/mol. The normalized spacial score (nSPS) is 23.2. The minimum absolute atomic E-state index is 0.0876. The lowest BCUT2D eigenvalue weighted by atomic mass is 9.92. The van der Waals surface area contributed by atoms with E-state index < -0.39 is 10.0 Å². The highest BCUT2D eigenvalue weighted by Gasteiger charge is 2.42. The zero-order chi connectivity index (χ0) is 18.5. The van der Waals surface area contributed by atoms with Gasteiger partial charge in [0.05, 0.1) is 12.8 Å². The van der Waals surface area contributed by atoms with Crippen molar-refractivity contribution in [1.29, 1.82) is 0 Å². The van der Waals surface area contributed by atoms with Crippen LogP contribution in [0.3, 0.4) is 0 Å². The van der Waals surface area contributed by atoms with Gasteiger partial charge in [-0.3, -0.25) is 4.68 Å². The number of hydrogen-bond acceptors (Lipinski definition) is 5. The maximum Gasteiger partial charge on any atom is 0.246 e. The molecular weight excluding hydrogens is 378 g/mol. The van der Waals surface area contributed by atoms with Crippen LogP contribution >= 0.6 is 11.6 Å². The van der Waals surface area contributed by atoms with E-state index in [2.05, 4.69) is 5.10 Å². The van der Waals surface area contributed by atoms with Crippen molar-refractivity contribution in [2.75, 3.05) is 26.3 Å². The van der Waals surface area contributed by atoms with Crippen LogP contribution in [0.25, 0.3) is 0 Å². The summed E-state index contributed by atoms with van der Waals surface area (Å²) in [6.07, 6.45) is 4.24. The summed E-state index contributed by atoms with van der Waals surface area (Å²) in [5, 5.41) is 14.3. The average Bonchev–Trinajstić information content (AvgIpc) is 3.31. The summed E-state index contributed by atoms with van der Waals surface area (Å²) in [5.74, 6) is 0.124. The number of aryl methyl sites for hydroxylation is 1. The van der Waals surface area contributed by atoms with Crippen LogP contribution in [0.4, 0.5) is 0 Å². The van der Waals surface area contributed by atoms with Crippen molar-refractivity contribution >= 4 is 21.6 Å². The molecule has 1 aromatic heterocycles. The Balaban J connectivity index is 1.69. The number of benzene rings is 1. The Kier molecular flexibility index (Phi) is 4.46. The second-order valence-corrected chi connectivity index (χ2v) is 9.15. The van der Waals surface area contributed by atoms with Gasteiger partial charge in [0.25, 0.3) is 0 Å². The summed E-state index contributed by atoms with van der Waals surface area (Å²) in [4.78, 5) is 0.112. The zero-order valence-corrected chi connectivity index (χ0v) is 15.9. The number of halogens is 1. The fraction of sp³-hybridized carbons (Fsp3) is 0.471. The molecule has 1 aromatic carbocycles. The van der Waals surface area contributed by atoms with Crippen molar-refractivity contribution in [3.05, 3.63) is 40.7 Å². The number of fused-ring (bicyclic) bond motifs is 1. The SMILES string of the molecule is Cn1cc([C@@H]2CN(S(=O)(=O)c3cc(Cl)cc4c3OCC4)C[C@H]2CO)cn1. The molecule has 0 unspecified atom stereocenters. The van der Waals surface area contributed by atoms with Crippen LogP contribution in [0.1, 0.15) is 17.0 Å². The fourth-order valence-electron chi connectivity index (χ4n) is 3.79. The van der Waals surface area contributed by atoms with Crippen LogP contribution in [0, 0.1) is 5.92 Å². The van der Waals surface area contributed by atoms with E-state index in [1.807, 2.05) is 13.2 Å². The Morgan fingerprint density at radius 1 is 1.38 bits per heavy atom. The molecular formula is C17H20ClN3O4S. The third-order valence-electron chi connectivity index (χ3n) is 5.13. The molecule has 0 radical (unpaired) electrons. The number of aromatic nitrogens is 2. The predicted octanol–water partition coefficient (Wildman–Crippen LogP) is 1.41. The molecule has 0 bridgehead atoms. The smallest absolute Gasteiger partial charge is 0.246 e. The van der Waals surface area contributed by atoms with Crippen LogP contribution < -0.4 is 4.74 Å². The minimum atomic E-state index is -3.78. The second-order valence-electron chi connectivity index (χ2n) is 6.81. The van der Waals surface area contributed by atoms with Crippen LogP contribution in [-0.2, 0) is 23.5 Å². The number of aliphatic hydroxyl groups excluding tert-OH is 1. The van der Waals surface area contributed by atoms with Gasteiger partial charge in [0.2, 0.25) is 10.0 Å². The fourth-order valence-corrected chi connectivity index (χ4v) is 5.82. The molecule has 1 N–H and O–H groups in total. The Morgan fingerprint density at radius 3 is 2.88 bits per heavy atom. The molecule has 4 rings (SSSR count). The molecule has 0 saturated carbocycles. The van der Waals surface area contributed by atoms with E-state index in [4.69, 9.17) is 16.3 Å². The minimum Gasteiger partial charge on any atom is -0.492 e. The van der Waals surface area contributed by atoms with Crippen molar-refractivity contribution in [3.63, 3.8) is 0 Å². The number of aliphatic hydroxyl groups is 1. The Bertz CT molecular complexity index is 943. The van der Waals surface area contributed by atoms with Gasteiger partial charge < -0.3 is 9.84 Å². The molecule has 2 aromatic rings. The zero-order valence-electron chi connectivity index (χ0n) is 14.3. The summed E-state index contributed by atoms with van der Waals surface area (Å²) in [6.45, 7) is 0.908. The van der Waals surface area contributed by atoms with E-state index in [9.17, 15) is 13.5 Å². The van der Waals surface area contributed by atoms with Crippen molar-refractivity contribution < 1.29 is 18.3 Å². The molecule has 0 spiro atoms. The molecule has 26 heavy (non-hydrogen) atoms. The van der Waals surface area contributed by atoms with E-state index in [0.717, 1.165) is 11.1 Å². The third kappa shape index (κ3) is 2.90. The van der Waals surface area contributed by atoms with Gasteiger partial charge in [0.15, 0.2) is 0 Å². The molecule has 2 aliphatic heterocycles. The Morgan fingerprint density at radius 2 is 2.19 bits per heavy atom. The standard InChI is InChI=1S/C17H20ClN3O4S/c1-20-7-12(6-19-20)15-9-21(8-13(15)10-22)26(23,24)16-5-14(18)4-11-2-3-25-17(11)16/h4-7,13,15,22H,2-3,8-10H2,1H3/t13-,15-/m0/s1. The van der Waals surface area contributed by atoms with Crippen molar-refractivity contribution in [1.82, 2.24) is 14.1 Å². The molecule has 7 nitrogen and oxygen atoms in total. The number of nitrogens with zero attached hydrogens (tertiary/aromatic N) is 3. The summed E-state index contributed by atoms with van der Waals surface area (Å²) in [6, 6.07) is 3.20. The van der Waals surface area contributed by atoms with Crippen molar-refractivity contribution in [2.45, 2.75) is 17.2 Å². The number of rotatable bonds is 4.